The lowest BCUT2D eigenvalue weighted by molar-refractivity contribution is -0.146. The van der Waals surface area contributed by atoms with E-state index in [0.29, 0.717) is 38.2 Å². The SMILES string of the molecule is CCCNC(=O)N1CCC2(CCCN(Cc3ccc(F)c(F)c3)C2=O)C1. The van der Waals surface area contributed by atoms with Crippen molar-refractivity contribution >= 4 is 11.9 Å². The Labute approximate surface area is 152 Å². The summed E-state index contributed by atoms with van der Waals surface area (Å²) in [4.78, 5) is 28.7. The van der Waals surface area contributed by atoms with Crippen molar-refractivity contribution in [3.8, 4) is 0 Å². The molecule has 3 amide bonds. The number of halogens is 2. The molecule has 1 aromatic rings. The van der Waals surface area contributed by atoms with Gasteiger partial charge in [0.25, 0.3) is 0 Å². The van der Waals surface area contributed by atoms with E-state index in [9.17, 15) is 18.4 Å². The van der Waals surface area contributed by atoms with Crippen molar-refractivity contribution in [1.29, 1.82) is 0 Å². The van der Waals surface area contributed by atoms with Crippen LogP contribution in [-0.2, 0) is 11.3 Å². The minimum atomic E-state index is -0.902. The third kappa shape index (κ3) is 3.66. The van der Waals surface area contributed by atoms with E-state index in [4.69, 9.17) is 0 Å². The van der Waals surface area contributed by atoms with E-state index in [1.54, 1.807) is 9.80 Å². The predicted molar refractivity (Wildman–Crippen MR) is 93.3 cm³/mol. The summed E-state index contributed by atoms with van der Waals surface area (Å²) in [5.74, 6) is -1.78. The molecule has 7 heteroatoms. The van der Waals surface area contributed by atoms with E-state index in [1.165, 1.54) is 6.07 Å². The van der Waals surface area contributed by atoms with Crippen molar-refractivity contribution in [2.75, 3.05) is 26.2 Å². The lowest BCUT2D eigenvalue weighted by Gasteiger charge is -2.39. The normalized spacial score (nSPS) is 23.0. The minimum Gasteiger partial charge on any atom is -0.338 e. The number of amides is 3. The van der Waals surface area contributed by atoms with E-state index in [0.717, 1.165) is 31.4 Å². The monoisotopic (exact) mass is 365 g/mol. The second kappa shape index (κ2) is 7.60. The van der Waals surface area contributed by atoms with Crippen LogP contribution in [0, 0.1) is 17.0 Å². The maximum Gasteiger partial charge on any atom is 0.317 e. The molecule has 2 aliphatic rings. The number of likely N-dealkylation sites (tertiary alicyclic amines) is 2. The minimum absolute atomic E-state index is 0.0132. The topological polar surface area (TPSA) is 52.7 Å². The maximum absolute atomic E-state index is 13.4. The molecule has 1 N–H and O–H groups in total. The molecule has 1 spiro atoms. The Bertz CT molecular complexity index is 697. The summed E-state index contributed by atoms with van der Waals surface area (Å²) in [6.45, 7) is 4.47. The molecule has 142 valence electrons. The van der Waals surface area contributed by atoms with E-state index in [1.807, 2.05) is 6.92 Å². The molecular formula is C19H25F2N3O2. The number of carbonyl (C=O) groups excluding carboxylic acids is 2. The van der Waals surface area contributed by atoms with Crippen LogP contribution in [0.2, 0.25) is 0 Å². The number of rotatable bonds is 4. The van der Waals surface area contributed by atoms with Gasteiger partial charge in [-0.2, -0.15) is 0 Å². The zero-order chi connectivity index (χ0) is 18.7. The van der Waals surface area contributed by atoms with Gasteiger partial charge < -0.3 is 15.1 Å². The Balaban J connectivity index is 1.67. The van der Waals surface area contributed by atoms with Crippen LogP contribution < -0.4 is 5.32 Å². The van der Waals surface area contributed by atoms with Gasteiger partial charge in [0, 0.05) is 32.7 Å². The van der Waals surface area contributed by atoms with Crippen LogP contribution in [0.5, 0.6) is 0 Å². The maximum atomic E-state index is 13.4. The van der Waals surface area contributed by atoms with Gasteiger partial charge in [-0.1, -0.05) is 13.0 Å². The number of carbonyl (C=O) groups is 2. The average molecular weight is 365 g/mol. The van der Waals surface area contributed by atoms with Crippen molar-refractivity contribution in [1.82, 2.24) is 15.1 Å². The zero-order valence-corrected chi connectivity index (χ0v) is 15.1. The Morgan fingerprint density at radius 1 is 1.23 bits per heavy atom. The summed E-state index contributed by atoms with van der Waals surface area (Å²) in [5, 5.41) is 2.86. The van der Waals surface area contributed by atoms with Crippen molar-refractivity contribution in [3.63, 3.8) is 0 Å². The van der Waals surface area contributed by atoms with Gasteiger partial charge in [0.2, 0.25) is 5.91 Å². The summed E-state index contributed by atoms with van der Waals surface area (Å²) in [6, 6.07) is 3.62. The fourth-order valence-electron chi connectivity index (χ4n) is 3.93. The molecule has 2 saturated heterocycles. The van der Waals surface area contributed by atoms with Crippen LogP contribution in [0.25, 0.3) is 0 Å². The molecule has 0 saturated carbocycles. The zero-order valence-electron chi connectivity index (χ0n) is 15.1. The highest BCUT2D eigenvalue weighted by Gasteiger charge is 2.49. The number of benzene rings is 1. The Morgan fingerprint density at radius 2 is 2.04 bits per heavy atom. The highest BCUT2D eigenvalue weighted by atomic mass is 19.2. The number of hydrogen-bond donors (Lipinski definition) is 1. The first-order valence-electron chi connectivity index (χ1n) is 9.21. The van der Waals surface area contributed by atoms with Gasteiger partial charge in [-0.15, -0.1) is 0 Å². The Morgan fingerprint density at radius 3 is 2.77 bits per heavy atom. The quantitative estimate of drug-likeness (QED) is 0.892. The summed E-state index contributed by atoms with van der Waals surface area (Å²) >= 11 is 0. The predicted octanol–water partition coefficient (Wildman–Crippen LogP) is 2.90. The molecule has 0 bridgehead atoms. The molecule has 2 heterocycles. The molecule has 2 fully saturated rings. The first-order valence-corrected chi connectivity index (χ1v) is 9.21. The third-order valence-electron chi connectivity index (χ3n) is 5.35. The van der Waals surface area contributed by atoms with E-state index in [2.05, 4.69) is 5.32 Å². The standard InChI is InChI=1S/C19H25F2N3O2/c1-2-8-22-18(26)24-10-7-19(13-24)6-3-9-23(17(19)25)12-14-4-5-15(20)16(21)11-14/h4-5,11H,2-3,6-10,12-13H2,1H3,(H,22,26). The van der Waals surface area contributed by atoms with E-state index >= 15 is 0 Å². The van der Waals surface area contributed by atoms with Crippen LogP contribution in [0.3, 0.4) is 0 Å². The molecule has 0 aliphatic carbocycles. The van der Waals surface area contributed by atoms with E-state index < -0.39 is 17.0 Å². The second-order valence-electron chi connectivity index (χ2n) is 7.26. The van der Waals surface area contributed by atoms with Gasteiger partial charge in [0.05, 0.1) is 5.41 Å². The summed E-state index contributed by atoms with van der Waals surface area (Å²) < 4.78 is 26.5. The van der Waals surface area contributed by atoms with Crippen LogP contribution in [0.1, 0.15) is 38.2 Å². The molecule has 1 aromatic carbocycles. The third-order valence-corrected chi connectivity index (χ3v) is 5.35. The molecule has 2 aliphatic heterocycles. The first kappa shape index (κ1) is 18.6. The van der Waals surface area contributed by atoms with Gasteiger partial charge in [-0.3, -0.25) is 4.79 Å². The molecule has 1 unspecified atom stereocenters. The van der Waals surface area contributed by atoms with E-state index in [-0.39, 0.29) is 18.5 Å². The molecule has 0 aromatic heterocycles. The highest BCUT2D eigenvalue weighted by molar-refractivity contribution is 5.85. The molecular weight excluding hydrogens is 340 g/mol. The van der Waals surface area contributed by atoms with Gasteiger partial charge in [-0.05, 0) is 43.4 Å². The van der Waals surface area contributed by atoms with Crippen molar-refractivity contribution in [2.24, 2.45) is 5.41 Å². The first-order chi connectivity index (χ1) is 12.4. The largest absolute Gasteiger partial charge is 0.338 e. The molecule has 0 radical (unpaired) electrons. The van der Waals surface area contributed by atoms with Crippen LogP contribution >= 0.6 is 0 Å². The van der Waals surface area contributed by atoms with Gasteiger partial charge in [0.15, 0.2) is 11.6 Å². The Kier molecular flexibility index (Phi) is 5.44. The summed E-state index contributed by atoms with van der Waals surface area (Å²) in [6.07, 6.45) is 3.13. The van der Waals surface area contributed by atoms with Gasteiger partial charge >= 0.3 is 6.03 Å². The smallest absolute Gasteiger partial charge is 0.317 e. The van der Waals surface area contributed by atoms with Crippen molar-refractivity contribution in [2.45, 2.75) is 39.2 Å². The molecule has 3 rings (SSSR count). The summed E-state index contributed by atoms with van der Waals surface area (Å²) in [7, 11) is 0. The van der Waals surface area contributed by atoms with Crippen molar-refractivity contribution in [3.05, 3.63) is 35.4 Å². The van der Waals surface area contributed by atoms with Crippen molar-refractivity contribution < 1.29 is 18.4 Å². The molecule has 1 atom stereocenters. The number of nitrogens with one attached hydrogen (secondary N) is 1. The number of hydrogen-bond acceptors (Lipinski definition) is 2. The second-order valence-corrected chi connectivity index (χ2v) is 7.26. The van der Waals surface area contributed by atoms with Crippen LogP contribution in [0.15, 0.2) is 18.2 Å². The average Bonchev–Trinajstić information content (AvgIpc) is 3.05. The Hall–Kier alpha value is -2.18. The number of piperidine rings is 1. The van der Waals surface area contributed by atoms with Crippen LogP contribution in [-0.4, -0.2) is 47.9 Å². The van der Waals surface area contributed by atoms with Crippen LogP contribution in [0.4, 0.5) is 13.6 Å². The summed E-state index contributed by atoms with van der Waals surface area (Å²) in [5.41, 5.74) is 0.0326. The van der Waals surface area contributed by atoms with Gasteiger partial charge in [-0.25, -0.2) is 13.6 Å². The number of urea groups is 1. The molecule has 5 nitrogen and oxygen atoms in total. The molecule has 26 heavy (non-hydrogen) atoms. The lowest BCUT2D eigenvalue weighted by atomic mass is 9.78. The fraction of sp³-hybridized carbons (Fsp3) is 0.579. The van der Waals surface area contributed by atoms with Gasteiger partial charge in [0.1, 0.15) is 0 Å². The highest BCUT2D eigenvalue weighted by Crippen LogP contribution is 2.40. The lowest BCUT2D eigenvalue weighted by Crippen LogP contribution is -2.50. The fourth-order valence-corrected chi connectivity index (χ4v) is 3.93. The number of nitrogens with zero attached hydrogens (tertiary/aromatic N) is 2.